The quantitative estimate of drug-likeness (QED) is 0.492. The lowest BCUT2D eigenvalue weighted by Gasteiger charge is -1.91. The highest BCUT2D eigenvalue weighted by molar-refractivity contribution is 5.71. The van der Waals surface area contributed by atoms with E-state index in [9.17, 15) is 0 Å². The summed E-state index contributed by atoms with van der Waals surface area (Å²) in [4.78, 5) is 33.9. The molecule has 8 heteroatoms. The van der Waals surface area contributed by atoms with Crippen LogP contribution in [0.25, 0.3) is 46.9 Å². The Hall–Kier alpha value is -3.68. The van der Waals surface area contributed by atoms with E-state index < -0.39 is 0 Å². The van der Waals surface area contributed by atoms with Crippen molar-refractivity contribution in [3.05, 3.63) is 46.6 Å². The molecule has 0 fully saturated rings. The van der Waals surface area contributed by atoms with Gasteiger partial charge < -0.3 is 9.97 Å². The molecule has 0 unspecified atom stereocenters. The van der Waals surface area contributed by atoms with Crippen LogP contribution in [0.4, 0.5) is 0 Å². The van der Waals surface area contributed by atoms with Crippen molar-refractivity contribution < 1.29 is 0 Å². The number of hydrogen-bond acceptors (Lipinski definition) is 6. The van der Waals surface area contributed by atoms with E-state index in [1.54, 1.807) is 0 Å². The monoisotopic (exact) mass is 370 g/mol. The van der Waals surface area contributed by atoms with Crippen LogP contribution in [0.15, 0.2) is 12.1 Å². The normalized spacial score (nSPS) is 12.6. The topological polar surface area (TPSA) is 109 Å². The number of hydrogen-bond donors (Lipinski definition) is 2. The van der Waals surface area contributed by atoms with Crippen LogP contribution in [0.1, 0.15) is 47.8 Å². The maximum absolute atomic E-state index is 4.76. The van der Waals surface area contributed by atoms with Gasteiger partial charge in [0.15, 0.2) is 23.3 Å². The number of rotatable bonds is 2. The summed E-state index contributed by atoms with van der Waals surface area (Å²) < 4.78 is 0. The number of aromatic amines is 2. The number of H-pyrrole nitrogens is 2. The molecule has 0 aliphatic carbocycles. The van der Waals surface area contributed by atoms with Crippen molar-refractivity contribution in [1.82, 2.24) is 39.9 Å². The lowest BCUT2D eigenvalue weighted by atomic mass is 10.2. The molecule has 8 bridgehead atoms. The number of fused-ring (bicyclic) bond motifs is 8. The molecule has 0 saturated heterocycles. The fraction of sp³-hybridized carbons (Fsp3) is 0.200. The Balaban J connectivity index is 1.86. The van der Waals surface area contributed by atoms with Gasteiger partial charge in [-0.1, -0.05) is 13.3 Å². The molecule has 2 aliphatic heterocycles. The Morgan fingerprint density at radius 1 is 0.679 bits per heavy atom. The third-order valence-electron chi connectivity index (χ3n) is 4.50. The van der Waals surface area contributed by atoms with Crippen molar-refractivity contribution in [2.45, 2.75) is 26.7 Å². The maximum atomic E-state index is 4.76. The predicted molar refractivity (Wildman–Crippen MR) is 109 cm³/mol. The first-order valence-electron chi connectivity index (χ1n) is 9.22. The van der Waals surface area contributed by atoms with E-state index in [4.69, 9.17) is 4.98 Å². The van der Waals surface area contributed by atoms with Crippen molar-refractivity contribution in [3.63, 3.8) is 0 Å². The largest absolute Gasteiger partial charge is 0.325 e. The summed E-state index contributed by atoms with van der Waals surface area (Å²) in [5, 5.41) is 0. The summed E-state index contributed by atoms with van der Waals surface area (Å²) in [6, 6.07) is 4.00. The highest BCUT2D eigenvalue weighted by Gasteiger charge is 2.07. The van der Waals surface area contributed by atoms with E-state index in [0.717, 1.165) is 46.6 Å². The van der Waals surface area contributed by atoms with Gasteiger partial charge in [-0.15, -0.1) is 0 Å². The van der Waals surface area contributed by atoms with E-state index in [-0.39, 0.29) is 0 Å². The van der Waals surface area contributed by atoms with E-state index in [0.29, 0.717) is 23.3 Å². The first-order valence-corrected chi connectivity index (χ1v) is 9.22. The molecule has 3 aromatic rings. The SMILES string of the molecule is CCCc1cc2nc3nc(nc4nc(nc5[nH]c(cc5C)nc1[nH]2)C=C4)C=C3. The molecule has 2 N–H and O–H groups in total. The van der Waals surface area contributed by atoms with Crippen LogP contribution < -0.4 is 0 Å². The van der Waals surface area contributed by atoms with E-state index in [1.807, 2.05) is 43.4 Å². The molecule has 0 spiro atoms. The van der Waals surface area contributed by atoms with Crippen LogP contribution in [-0.4, -0.2) is 39.9 Å². The van der Waals surface area contributed by atoms with Crippen LogP contribution in [0.3, 0.4) is 0 Å². The number of aryl methyl sites for hydroxylation is 2. The number of nitrogens with one attached hydrogen (secondary N) is 2. The molecule has 0 aromatic carbocycles. The van der Waals surface area contributed by atoms with Gasteiger partial charge in [0.05, 0.1) is 0 Å². The predicted octanol–water partition coefficient (Wildman–Crippen LogP) is 3.50. The second-order valence-corrected chi connectivity index (χ2v) is 6.73. The first kappa shape index (κ1) is 16.5. The minimum atomic E-state index is 0.567. The zero-order valence-electron chi connectivity index (χ0n) is 15.6. The molecule has 28 heavy (non-hydrogen) atoms. The first-order chi connectivity index (χ1) is 13.7. The molecule has 5 heterocycles. The Bertz CT molecular complexity index is 1290. The lowest BCUT2D eigenvalue weighted by Crippen LogP contribution is -1.87. The summed E-state index contributed by atoms with van der Waals surface area (Å²) in [6.07, 6.45) is 9.24. The zero-order chi connectivity index (χ0) is 19.1. The number of nitrogens with zero attached hydrogens (tertiary/aromatic N) is 6. The highest BCUT2D eigenvalue weighted by Crippen LogP contribution is 2.16. The Labute approximate surface area is 160 Å². The molecule has 0 radical (unpaired) electrons. The molecule has 5 rings (SSSR count). The lowest BCUT2D eigenvalue weighted by molar-refractivity contribution is 0.928. The standard InChI is InChI=1S/C20H18N8/c1-3-4-12-10-18-24-15-6-5-13(22-15)21-14-7-8-16(23-14)25-19-11(2)9-17(26-19)27-20(12)28-18/h5-10H,3-4H2,1-2H3,(H2,21,22,23,24,25,26,27,28). The van der Waals surface area contributed by atoms with Crippen molar-refractivity contribution in [3.8, 4) is 0 Å². The summed E-state index contributed by atoms with van der Waals surface area (Å²) >= 11 is 0. The number of aromatic nitrogens is 8. The molecule has 3 aromatic heterocycles. The van der Waals surface area contributed by atoms with Crippen LogP contribution >= 0.6 is 0 Å². The summed E-state index contributed by atoms with van der Waals surface area (Å²) in [7, 11) is 0. The van der Waals surface area contributed by atoms with Gasteiger partial charge in [0.2, 0.25) is 0 Å². The van der Waals surface area contributed by atoms with E-state index >= 15 is 0 Å². The van der Waals surface area contributed by atoms with Gasteiger partial charge in [0.1, 0.15) is 22.6 Å². The van der Waals surface area contributed by atoms with Crippen LogP contribution in [0, 0.1) is 6.92 Å². The van der Waals surface area contributed by atoms with Gasteiger partial charge in [-0.05, 0) is 60.9 Å². The Morgan fingerprint density at radius 3 is 1.93 bits per heavy atom. The summed E-state index contributed by atoms with van der Waals surface area (Å²) in [5.74, 6) is 2.32. The molecular formula is C20H18N8. The molecule has 8 nitrogen and oxygen atoms in total. The molecule has 138 valence electrons. The second kappa shape index (κ2) is 6.49. The van der Waals surface area contributed by atoms with Crippen molar-refractivity contribution in [1.29, 1.82) is 0 Å². The van der Waals surface area contributed by atoms with Crippen molar-refractivity contribution >= 4 is 46.9 Å². The molecule has 0 saturated carbocycles. The van der Waals surface area contributed by atoms with Crippen molar-refractivity contribution in [2.75, 3.05) is 0 Å². The average molecular weight is 370 g/mol. The van der Waals surface area contributed by atoms with E-state index in [1.165, 1.54) is 0 Å². The van der Waals surface area contributed by atoms with Gasteiger partial charge >= 0.3 is 0 Å². The summed E-state index contributed by atoms with van der Waals surface area (Å²) in [5.41, 5.74) is 5.11. The fourth-order valence-corrected chi connectivity index (χ4v) is 3.20. The smallest absolute Gasteiger partial charge is 0.156 e. The van der Waals surface area contributed by atoms with Crippen molar-refractivity contribution in [2.24, 2.45) is 0 Å². The van der Waals surface area contributed by atoms with Crippen LogP contribution in [0.5, 0.6) is 0 Å². The minimum absolute atomic E-state index is 0.567. The van der Waals surface area contributed by atoms with E-state index in [2.05, 4.69) is 41.8 Å². The molecule has 0 atom stereocenters. The van der Waals surface area contributed by atoms with Crippen LogP contribution in [0.2, 0.25) is 0 Å². The summed E-state index contributed by atoms with van der Waals surface area (Å²) in [6.45, 7) is 4.14. The Kier molecular flexibility index (Phi) is 3.82. The highest BCUT2D eigenvalue weighted by atomic mass is 15.0. The maximum Gasteiger partial charge on any atom is 0.156 e. The molecule has 2 aliphatic rings. The third kappa shape index (κ3) is 3.09. The van der Waals surface area contributed by atoms with Crippen LogP contribution in [-0.2, 0) is 6.42 Å². The van der Waals surface area contributed by atoms with Gasteiger partial charge in [0, 0.05) is 0 Å². The minimum Gasteiger partial charge on any atom is -0.325 e. The van der Waals surface area contributed by atoms with Gasteiger partial charge in [-0.3, -0.25) is 0 Å². The van der Waals surface area contributed by atoms with Gasteiger partial charge in [-0.25, -0.2) is 29.9 Å². The zero-order valence-corrected chi connectivity index (χ0v) is 15.6. The van der Waals surface area contributed by atoms with Gasteiger partial charge in [0.25, 0.3) is 0 Å². The third-order valence-corrected chi connectivity index (χ3v) is 4.50. The Morgan fingerprint density at radius 2 is 1.25 bits per heavy atom. The molecule has 0 amide bonds. The second-order valence-electron chi connectivity index (χ2n) is 6.73. The fourth-order valence-electron chi connectivity index (χ4n) is 3.20. The molecular weight excluding hydrogens is 352 g/mol. The van der Waals surface area contributed by atoms with Gasteiger partial charge in [-0.2, -0.15) is 0 Å². The average Bonchev–Trinajstić information content (AvgIpc) is 3.41.